The van der Waals surface area contributed by atoms with Crippen LogP contribution in [0.5, 0.6) is 0 Å². The molecule has 1 heterocycles. The highest BCUT2D eigenvalue weighted by Crippen LogP contribution is 2.34. The van der Waals surface area contributed by atoms with E-state index in [0.29, 0.717) is 23.0 Å². The van der Waals surface area contributed by atoms with Gasteiger partial charge in [0.1, 0.15) is 5.82 Å². The van der Waals surface area contributed by atoms with Gasteiger partial charge >= 0.3 is 0 Å². The molecule has 144 valence electrons. The van der Waals surface area contributed by atoms with Crippen LogP contribution in [0.1, 0.15) is 19.4 Å². The largest absolute Gasteiger partial charge is 0.347 e. The summed E-state index contributed by atoms with van der Waals surface area (Å²) in [5, 5.41) is 1.50. The van der Waals surface area contributed by atoms with Gasteiger partial charge in [-0.05, 0) is 43.8 Å². The molecule has 0 spiro atoms. The Balaban J connectivity index is 2.09. The van der Waals surface area contributed by atoms with Crippen LogP contribution in [-0.2, 0) is 13.1 Å². The Labute approximate surface area is 169 Å². The highest BCUT2D eigenvalue weighted by atomic mass is 35.5. The summed E-state index contributed by atoms with van der Waals surface area (Å²) in [5.41, 5.74) is 3.38. The number of nitrogens with one attached hydrogen (secondary N) is 1. The molecule has 0 unspecified atom stereocenters. The van der Waals surface area contributed by atoms with Crippen LogP contribution in [0.2, 0.25) is 5.02 Å². The lowest BCUT2D eigenvalue weighted by Crippen LogP contribution is -2.12. The van der Waals surface area contributed by atoms with E-state index < -0.39 is 0 Å². The molecule has 6 heteroatoms. The van der Waals surface area contributed by atoms with Crippen LogP contribution >= 0.6 is 23.7 Å². The number of hydrogen-bond acceptors (Lipinski definition) is 3. The van der Waals surface area contributed by atoms with E-state index in [9.17, 15) is 4.39 Å². The van der Waals surface area contributed by atoms with Crippen LogP contribution in [0.25, 0.3) is 22.0 Å². The van der Waals surface area contributed by atoms with E-state index in [-0.39, 0.29) is 5.82 Å². The maximum atomic E-state index is 15.0. The van der Waals surface area contributed by atoms with Crippen molar-refractivity contribution in [1.82, 2.24) is 13.6 Å². The lowest BCUT2D eigenvalue weighted by molar-refractivity contribution is 0.534. The Morgan fingerprint density at radius 2 is 1.93 bits per heavy atom. The van der Waals surface area contributed by atoms with Gasteiger partial charge in [0.25, 0.3) is 0 Å². The minimum absolute atomic E-state index is 0.251. The molecule has 2 aromatic carbocycles. The number of rotatable bonds is 7. The first-order valence-electron chi connectivity index (χ1n) is 9.00. The summed E-state index contributed by atoms with van der Waals surface area (Å²) in [6, 6.07) is 11.0. The van der Waals surface area contributed by atoms with Gasteiger partial charge in [0.05, 0.1) is 0 Å². The van der Waals surface area contributed by atoms with Crippen molar-refractivity contribution < 1.29 is 4.39 Å². The molecule has 0 aliphatic rings. The van der Waals surface area contributed by atoms with E-state index in [1.165, 1.54) is 12.1 Å². The topological polar surface area (TPSA) is 20.2 Å². The molecule has 27 heavy (non-hydrogen) atoms. The monoisotopic (exact) mass is 405 g/mol. The molecule has 0 saturated heterocycles. The van der Waals surface area contributed by atoms with E-state index in [1.54, 1.807) is 12.1 Å². The van der Waals surface area contributed by atoms with Gasteiger partial charge in [-0.2, -0.15) is 0 Å². The SMILES string of the molecule is CC(C)Cn1cc(CNSN(C)C)c2cc(F)c(-c3ccccc3Cl)cc21. The molecule has 0 atom stereocenters. The molecule has 0 aliphatic carbocycles. The first-order valence-corrected chi connectivity index (χ1v) is 10.1. The van der Waals surface area contributed by atoms with Crippen LogP contribution in [0.4, 0.5) is 4.39 Å². The Kier molecular flexibility index (Phi) is 6.48. The maximum absolute atomic E-state index is 15.0. The van der Waals surface area contributed by atoms with E-state index in [0.717, 1.165) is 28.6 Å². The van der Waals surface area contributed by atoms with E-state index in [2.05, 4.69) is 29.3 Å². The molecule has 1 aromatic heterocycles. The number of benzene rings is 2. The summed E-state index contributed by atoms with van der Waals surface area (Å²) in [7, 11) is 3.96. The second-order valence-electron chi connectivity index (χ2n) is 7.25. The third-order valence-corrected chi connectivity index (χ3v) is 5.26. The van der Waals surface area contributed by atoms with Crippen LogP contribution in [0.15, 0.2) is 42.6 Å². The number of halogens is 2. The van der Waals surface area contributed by atoms with Crippen LogP contribution in [0.3, 0.4) is 0 Å². The van der Waals surface area contributed by atoms with Crippen molar-refractivity contribution in [2.45, 2.75) is 26.9 Å². The van der Waals surface area contributed by atoms with Crippen molar-refractivity contribution in [3.8, 4) is 11.1 Å². The predicted molar refractivity (Wildman–Crippen MR) is 115 cm³/mol. The summed E-state index contributed by atoms with van der Waals surface area (Å²) < 4.78 is 22.5. The second-order valence-corrected chi connectivity index (χ2v) is 8.86. The lowest BCUT2D eigenvalue weighted by atomic mass is 10.0. The smallest absolute Gasteiger partial charge is 0.131 e. The minimum atomic E-state index is -0.251. The van der Waals surface area contributed by atoms with Gasteiger partial charge in [-0.3, -0.25) is 0 Å². The first kappa shape index (κ1) is 20.2. The van der Waals surface area contributed by atoms with Crippen molar-refractivity contribution in [3.05, 3.63) is 59.0 Å². The van der Waals surface area contributed by atoms with Crippen LogP contribution in [-0.4, -0.2) is 23.0 Å². The highest BCUT2D eigenvalue weighted by molar-refractivity contribution is 7.95. The Morgan fingerprint density at radius 1 is 1.19 bits per heavy atom. The molecule has 3 rings (SSSR count). The fourth-order valence-electron chi connectivity index (χ4n) is 3.19. The summed E-state index contributed by atoms with van der Waals surface area (Å²) in [6.45, 7) is 5.91. The van der Waals surface area contributed by atoms with Crippen molar-refractivity contribution in [1.29, 1.82) is 0 Å². The lowest BCUT2D eigenvalue weighted by Gasteiger charge is -2.11. The molecular weight excluding hydrogens is 381 g/mol. The molecule has 3 nitrogen and oxygen atoms in total. The van der Waals surface area contributed by atoms with Crippen molar-refractivity contribution in [3.63, 3.8) is 0 Å². The Morgan fingerprint density at radius 3 is 2.59 bits per heavy atom. The van der Waals surface area contributed by atoms with E-state index in [4.69, 9.17) is 11.6 Å². The molecule has 1 N–H and O–H groups in total. The summed E-state index contributed by atoms with van der Waals surface area (Å²) >= 11 is 7.85. The summed E-state index contributed by atoms with van der Waals surface area (Å²) in [6.07, 6.45) is 2.13. The van der Waals surface area contributed by atoms with E-state index in [1.807, 2.05) is 42.7 Å². The van der Waals surface area contributed by atoms with Gasteiger partial charge in [0.2, 0.25) is 0 Å². The highest BCUT2D eigenvalue weighted by Gasteiger charge is 2.16. The van der Waals surface area contributed by atoms with Crippen molar-refractivity contribution in [2.24, 2.45) is 5.92 Å². The number of aromatic nitrogens is 1. The molecular formula is C21H25ClFN3S. The normalized spacial score (nSPS) is 11.9. The molecule has 0 saturated carbocycles. The molecule has 0 radical (unpaired) electrons. The molecule has 0 fully saturated rings. The van der Waals surface area contributed by atoms with Crippen molar-refractivity contribution >= 4 is 34.6 Å². The fraction of sp³-hybridized carbons (Fsp3) is 0.333. The minimum Gasteiger partial charge on any atom is -0.347 e. The number of hydrogen-bond donors (Lipinski definition) is 1. The van der Waals surface area contributed by atoms with Crippen LogP contribution < -0.4 is 4.72 Å². The first-order chi connectivity index (χ1) is 12.9. The zero-order valence-electron chi connectivity index (χ0n) is 16.1. The molecule has 0 amide bonds. The predicted octanol–water partition coefficient (Wildman–Crippen LogP) is 5.97. The average molecular weight is 406 g/mol. The standard InChI is InChI=1S/C21H25ClFN3S/c1-14(2)12-26-13-15(11-24-27-25(3)4)17-9-20(23)18(10-21(17)26)16-7-5-6-8-19(16)22/h5-10,13-14,24H,11-12H2,1-4H3. The maximum Gasteiger partial charge on any atom is 0.131 e. The zero-order valence-corrected chi connectivity index (χ0v) is 17.7. The average Bonchev–Trinajstić information content (AvgIpc) is 2.90. The summed E-state index contributed by atoms with van der Waals surface area (Å²) in [4.78, 5) is 0. The molecule has 0 bridgehead atoms. The van der Waals surface area contributed by atoms with Gasteiger partial charge < -0.3 is 4.57 Å². The van der Waals surface area contributed by atoms with E-state index >= 15 is 0 Å². The zero-order chi connectivity index (χ0) is 19.6. The van der Waals surface area contributed by atoms with Gasteiger partial charge in [-0.15, -0.1) is 0 Å². The van der Waals surface area contributed by atoms with Crippen LogP contribution in [0, 0.1) is 11.7 Å². The quantitative estimate of drug-likeness (QED) is 0.489. The second kappa shape index (κ2) is 8.65. The fourth-order valence-corrected chi connectivity index (χ4v) is 3.91. The molecule has 3 aromatic rings. The Bertz CT molecular complexity index is 937. The van der Waals surface area contributed by atoms with Gasteiger partial charge in [-0.25, -0.2) is 13.4 Å². The van der Waals surface area contributed by atoms with Crippen molar-refractivity contribution in [2.75, 3.05) is 14.1 Å². The van der Waals surface area contributed by atoms with Gasteiger partial charge in [-0.1, -0.05) is 43.6 Å². The number of nitrogens with zero attached hydrogens (tertiary/aromatic N) is 2. The third-order valence-electron chi connectivity index (χ3n) is 4.29. The van der Waals surface area contributed by atoms with Gasteiger partial charge in [0, 0.05) is 58.5 Å². The van der Waals surface area contributed by atoms with Gasteiger partial charge in [0.15, 0.2) is 0 Å². The number of fused-ring (bicyclic) bond motifs is 1. The summed E-state index contributed by atoms with van der Waals surface area (Å²) in [5.74, 6) is 0.241. The molecule has 0 aliphatic heterocycles. The third kappa shape index (κ3) is 4.66. The Hall–Kier alpha value is -1.53.